The second-order valence-corrected chi connectivity index (χ2v) is 5.84. The average molecular weight is 292 g/mol. The van der Waals surface area contributed by atoms with Gasteiger partial charge in [-0.25, -0.2) is 4.68 Å². The molecule has 0 spiro atoms. The lowest BCUT2D eigenvalue weighted by Gasteiger charge is -2.20. The van der Waals surface area contributed by atoms with Crippen LogP contribution in [0.1, 0.15) is 33.4 Å². The minimum atomic E-state index is -0.479. The Morgan fingerprint density at radius 1 is 1.38 bits per heavy atom. The molecule has 2 aromatic heterocycles. The molecule has 0 saturated heterocycles. The molecule has 0 amide bonds. The predicted octanol–water partition coefficient (Wildman–Crippen LogP) is 1.22. The number of hydrogen-bond donors (Lipinski definition) is 0. The fourth-order valence-corrected chi connectivity index (χ4v) is 2.17. The number of fused-ring (bicyclic) bond motifs is 1. The lowest BCUT2D eigenvalue weighted by molar-refractivity contribution is -0.144. The molecule has 0 radical (unpaired) electrons. The van der Waals surface area contributed by atoms with Crippen molar-refractivity contribution >= 4 is 16.9 Å². The molecular formula is C14H20N4O3. The number of hydrogen-bond acceptors (Lipinski definition) is 5. The fourth-order valence-electron chi connectivity index (χ4n) is 2.17. The highest BCUT2D eigenvalue weighted by Crippen LogP contribution is 2.20. The van der Waals surface area contributed by atoms with Gasteiger partial charge in [0.15, 0.2) is 0 Å². The normalized spacial score (nSPS) is 11.9. The summed E-state index contributed by atoms with van der Waals surface area (Å²) >= 11 is 0. The van der Waals surface area contributed by atoms with Crippen LogP contribution in [0.5, 0.6) is 0 Å². The first kappa shape index (κ1) is 15.2. The summed E-state index contributed by atoms with van der Waals surface area (Å²) in [5, 5.41) is 9.16. The third-order valence-electron chi connectivity index (χ3n) is 3.09. The summed E-state index contributed by atoms with van der Waals surface area (Å²) in [5.74, 6) is -0.479. The molecule has 0 aromatic carbocycles. The van der Waals surface area contributed by atoms with Crippen LogP contribution >= 0.6 is 0 Å². The molecule has 7 nitrogen and oxygen atoms in total. The van der Waals surface area contributed by atoms with Crippen molar-refractivity contribution in [3.05, 3.63) is 22.2 Å². The lowest BCUT2D eigenvalue weighted by Crippen LogP contribution is -2.32. The second kappa shape index (κ2) is 5.31. The van der Waals surface area contributed by atoms with E-state index < -0.39 is 5.97 Å². The van der Waals surface area contributed by atoms with Gasteiger partial charge in [-0.1, -0.05) is 0 Å². The zero-order valence-corrected chi connectivity index (χ0v) is 13.0. The molecule has 0 aliphatic rings. The zero-order valence-electron chi connectivity index (χ0n) is 13.0. The third kappa shape index (κ3) is 2.81. The van der Waals surface area contributed by atoms with Crippen molar-refractivity contribution in [1.29, 1.82) is 0 Å². The maximum Gasteiger partial charge on any atom is 0.327 e. The van der Waals surface area contributed by atoms with Gasteiger partial charge < -0.3 is 4.74 Å². The zero-order chi connectivity index (χ0) is 15.8. The van der Waals surface area contributed by atoms with E-state index in [0.29, 0.717) is 16.6 Å². The smallest absolute Gasteiger partial charge is 0.327 e. The largest absolute Gasteiger partial charge is 0.465 e. The first-order valence-corrected chi connectivity index (χ1v) is 6.87. The first-order valence-electron chi connectivity index (χ1n) is 6.87. The number of aromatic nitrogens is 4. The molecule has 21 heavy (non-hydrogen) atoms. The highest BCUT2D eigenvalue weighted by molar-refractivity contribution is 5.80. The maximum absolute atomic E-state index is 12.6. The van der Waals surface area contributed by atoms with E-state index in [2.05, 4.69) is 10.2 Å². The summed E-state index contributed by atoms with van der Waals surface area (Å²) in [6.07, 6.45) is 1.64. The molecule has 7 heteroatoms. The fraction of sp³-hybridized carbons (Fsp3) is 0.571. The van der Waals surface area contributed by atoms with Crippen molar-refractivity contribution in [3.8, 4) is 0 Å². The van der Waals surface area contributed by atoms with Gasteiger partial charge in [0.25, 0.3) is 5.56 Å². The van der Waals surface area contributed by atoms with Crippen LogP contribution in [0.25, 0.3) is 10.9 Å². The van der Waals surface area contributed by atoms with E-state index in [-0.39, 0.29) is 24.2 Å². The summed E-state index contributed by atoms with van der Waals surface area (Å²) in [6, 6.07) is 0. The van der Waals surface area contributed by atoms with Gasteiger partial charge in [0, 0.05) is 5.39 Å². The Bertz CT molecular complexity index is 737. The van der Waals surface area contributed by atoms with Crippen molar-refractivity contribution in [3.63, 3.8) is 0 Å². The molecule has 2 heterocycles. The summed E-state index contributed by atoms with van der Waals surface area (Å²) in [6.45, 7) is 9.47. The van der Waals surface area contributed by atoms with Crippen LogP contribution < -0.4 is 5.56 Å². The van der Waals surface area contributed by atoms with E-state index in [0.717, 1.165) is 4.68 Å². The van der Waals surface area contributed by atoms with Gasteiger partial charge in [0.05, 0.1) is 24.0 Å². The Morgan fingerprint density at radius 3 is 2.62 bits per heavy atom. The van der Waals surface area contributed by atoms with E-state index in [1.165, 1.54) is 0 Å². The van der Waals surface area contributed by atoms with Gasteiger partial charge >= 0.3 is 5.97 Å². The Balaban J connectivity index is 2.63. The van der Waals surface area contributed by atoms with Crippen molar-refractivity contribution in [2.24, 2.45) is 0 Å². The Labute approximate surface area is 122 Å². The molecule has 0 fully saturated rings. The molecule has 2 aromatic rings. The number of aryl methyl sites for hydroxylation is 1. The lowest BCUT2D eigenvalue weighted by atomic mass is 10.1. The minimum absolute atomic E-state index is 0.196. The molecular weight excluding hydrogens is 272 g/mol. The van der Waals surface area contributed by atoms with E-state index in [1.54, 1.807) is 24.7 Å². The minimum Gasteiger partial charge on any atom is -0.465 e. The van der Waals surface area contributed by atoms with Gasteiger partial charge in [0.1, 0.15) is 12.1 Å². The molecule has 114 valence electrons. The maximum atomic E-state index is 12.6. The second-order valence-electron chi connectivity index (χ2n) is 5.84. The quantitative estimate of drug-likeness (QED) is 0.795. The SMILES string of the molecule is CCOC(=O)Cn1nc(C)c2cnn(C(C)(C)C)c2c1=O. The van der Waals surface area contributed by atoms with Crippen LogP contribution in [0.2, 0.25) is 0 Å². The molecule has 0 aliphatic heterocycles. The van der Waals surface area contributed by atoms with Crippen LogP contribution in [0.15, 0.2) is 11.0 Å². The Morgan fingerprint density at radius 2 is 2.05 bits per heavy atom. The standard InChI is InChI=1S/C14H20N4O3/c1-6-21-11(19)8-17-13(20)12-10(9(2)16-17)7-15-18(12)14(3,4)5/h7H,6,8H2,1-5H3. The number of carbonyl (C=O) groups is 1. The number of ether oxygens (including phenoxy) is 1. The summed E-state index contributed by atoms with van der Waals surface area (Å²) in [7, 11) is 0. The van der Waals surface area contributed by atoms with Crippen LogP contribution in [-0.2, 0) is 21.6 Å². The van der Waals surface area contributed by atoms with Gasteiger partial charge in [-0.2, -0.15) is 10.2 Å². The Kier molecular flexibility index (Phi) is 3.85. The molecule has 0 unspecified atom stereocenters. The van der Waals surface area contributed by atoms with Gasteiger partial charge in [-0.05, 0) is 34.6 Å². The molecule has 2 rings (SSSR count). The topological polar surface area (TPSA) is 79.0 Å². The molecule has 0 atom stereocenters. The number of carbonyl (C=O) groups excluding carboxylic acids is 1. The Hall–Kier alpha value is -2.18. The number of esters is 1. The molecule has 0 saturated carbocycles. The van der Waals surface area contributed by atoms with Crippen molar-refractivity contribution in [2.75, 3.05) is 6.61 Å². The van der Waals surface area contributed by atoms with Gasteiger partial charge in [-0.3, -0.25) is 14.3 Å². The first-order chi connectivity index (χ1) is 9.75. The van der Waals surface area contributed by atoms with Gasteiger partial charge in [0.2, 0.25) is 0 Å². The summed E-state index contributed by atoms with van der Waals surface area (Å²) in [4.78, 5) is 24.2. The summed E-state index contributed by atoms with van der Waals surface area (Å²) in [5.41, 5.74) is 0.441. The van der Waals surface area contributed by atoms with E-state index in [9.17, 15) is 9.59 Å². The molecule has 0 N–H and O–H groups in total. The van der Waals surface area contributed by atoms with Crippen molar-refractivity contribution in [1.82, 2.24) is 19.6 Å². The average Bonchev–Trinajstić information content (AvgIpc) is 2.81. The number of nitrogens with zero attached hydrogens (tertiary/aromatic N) is 4. The molecule has 0 bridgehead atoms. The number of rotatable bonds is 3. The van der Waals surface area contributed by atoms with E-state index in [1.807, 2.05) is 20.8 Å². The van der Waals surface area contributed by atoms with E-state index >= 15 is 0 Å². The third-order valence-corrected chi connectivity index (χ3v) is 3.09. The molecule has 0 aliphatic carbocycles. The van der Waals surface area contributed by atoms with Crippen LogP contribution in [-0.4, -0.2) is 32.1 Å². The highest BCUT2D eigenvalue weighted by atomic mass is 16.5. The monoisotopic (exact) mass is 292 g/mol. The van der Waals surface area contributed by atoms with Gasteiger partial charge in [-0.15, -0.1) is 0 Å². The van der Waals surface area contributed by atoms with Crippen LogP contribution in [0, 0.1) is 6.92 Å². The van der Waals surface area contributed by atoms with Crippen molar-refractivity contribution < 1.29 is 9.53 Å². The van der Waals surface area contributed by atoms with Crippen molar-refractivity contribution in [2.45, 2.75) is 46.7 Å². The summed E-state index contributed by atoms with van der Waals surface area (Å²) < 4.78 is 7.68. The predicted molar refractivity (Wildman–Crippen MR) is 78.2 cm³/mol. The van der Waals surface area contributed by atoms with Crippen LogP contribution in [0.4, 0.5) is 0 Å². The van der Waals surface area contributed by atoms with Crippen LogP contribution in [0.3, 0.4) is 0 Å². The van der Waals surface area contributed by atoms with E-state index in [4.69, 9.17) is 4.74 Å². The highest BCUT2D eigenvalue weighted by Gasteiger charge is 2.22.